The van der Waals surface area contributed by atoms with E-state index in [4.69, 9.17) is 4.42 Å². The molecule has 2 aromatic heterocycles. The maximum Gasteiger partial charge on any atom is 0.136 e. The van der Waals surface area contributed by atoms with Crippen LogP contribution in [0.3, 0.4) is 0 Å². The Morgan fingerprint density at radius 2 is 2.36 bits per heavy atom. The molecule has 0 aliphatic heterocycles. The van der Waals surface area contributed by atoms with Crippen LogP contribution in [0.15, 0.2) is 28.9 Å². The molecule has 0 spiro atoms. The van der Waals surface area contributed by atoms with Crippen molar-refractivity contribution in [3.63, 3.8) is 0 Å². The summed E-state index contributed by atoms with van der Waals surface area (Å²) in [6, 6.07) is 9.20. The molecule has 0 radical (unpaired) electrons. The Morgan fingerprint density at radius 1 is 1.43 bits per heavy atom. The number of rotatable bonds is 1. The van der Waals surface area contributed by atoms with Crippen LogP contribution >= 0.6 is 0 Å². The number of nitrogens with zero attached hydrogens (tertiary/aromatic N) is 1. The smallest absolute Gasteiger partial charge is 0.136 e. The van der Waals surface area contributed by atoms with E-state index >= 15 is 0 Å². The summed E-state index contributed by atoms with van der Waals surface area (Å²) in [5.74, 6) is 0. The van der Waals surface area contributed by atoms with Crippen LogP contribution in [-0.4, -0.2) is 4.57 Å². The molecule has 2 heterocycles. The monoisotopic (exact) mass is 183 g/mol. The van der Waals surface area contributed by atoms with Gasteiger partial charge in [-0.05, 0) is 25.1 Å². The van der Waals surface area contributed by atoms with E-state index in [-0.39, 0.29) is 0 Å². The molecule has 3 rings (SSSR count). The lowest BCUT2D eigenvalue weighted by atomic mass is 10.2. The number of aryl methyl sites for hydroxylation is 1. The third-order valence-corrected chi connectivity index (χ3v) is 2.50. The molecule has 0 unspecified atom stereocenters. The average molecular weight is 183 g/mol. The molecule has 1 aromatic carbocycles. The van der Waals surface area contributed by atoms with Crippen LogP contribution in [0.5, 0.6) is 0 Å². The highest BCUT2D eigenvalue weighted by Gasteiger charge is 2.02. The van der Waals surface area contributed by atoms with Gasteiger partial charge in [-0.25, -0.2) is 0 Å². The van der Waals surface area contributed by atoms with Crippen LogP contribution in [0.4, 0.5) is 0 Å². The fraction of sp³-hybridized carbons (Fsp3) is 0.167. The van der Waals surface area contributed by atoms with Crippen molar-refractivity contribution < 1.29 is 4.42 Å². The Bertz CT molecular complexity index is 588. The van der Waals surface area contributed by atoms with Gasteiger partial charge in [0.25, 0.3) is 0 Å². The molecule has 3 aromatic rings. The van der Waals surface area contributed by atoms with Crippen LogP contribution in [0.1, 0.15) is 6.92 Å². The summed E-state index contributed by atoms with van der Waals surface area (Å²) in [4.78, 5) is 0. The number of hydrogen-bond acceptors (Lipinski definition) is 1. The van der Waals surface area contributed by atoms with E-state index in [0.29, 0.717) is 0 Å². The largest absolute Gasteiger partial charge is 0.464 e. The molecular formula is C12H9NO. The zero-order valence-corrected chi connectivity index (χ0v) is 7.87. The molecule has 14 heavy (non-hydrogen) atoms. The number of aromatic nitrogens is 1. The van der Waals surface area contributed by atoms with E-state index < -0.39 is 0 Å². The lowest BCUT2D eigenvalue weighted by Gasteiger charge is -1.97. The van der Waals surface area contributed by atoms with Gasteiger partial charge in [0.05, 0.1) is 17.2 Å². The number of fused-ring (bicyclic) bond motifs is 2. The maximum atomic E-state index is 5.35. The second kappa shape index (κ2) is 2.55. The highest BCUT2D eigenvalue weighted by Crippen LogP contribution is 2.22. The molecule has 0 atom stereocenters. The molecule has 2 nitrogen and oxygen atoms in total. The van der Waals surface area contributed by atoms with Crippen molar-refractivity contribution in [2.45, 2.75) is 13.5 Å². The summed E-state index contributed by atoms with van der Waals surface area (Å²) in [6.45, 7) is 3.00. The third-order valence-electron chi connectivity index (χ3n) is 2.50. The van der Waals surface area contributed by atoms with Gasteiger partial charge in [-0.2, -0.15) is 0 Å². The molecule has 2 heteroatoms. The quantitative estimate of drug-likeness (QED) is 0.567. The van der Waals surface area contributed by atoms with Gasteiger partial charge in [0, 0.05) is 24.2 Å². The molecule has 0 aliphatic carbocycles. The second-order valence-corrected chi connectivity index (χ2v) is 3.31. The van der Waals surface area contributed by atoms with Crippen LogP contribution in [0, 0.1) is 12.3 Å². The molecule has 0 bridgehead atoms. The zero-order valence-electron chi connectivity index (χ0n) is 7.87. The highest BCUT2D eigenvalue weighted by molar-refractivity contribution is 5.93. The molecule has 0 N–H and O–H groups in total. The standard InChI is InChI=1S/C12H9NO/c1-2-13-5-3-9-7-10-4-6-14-12(10)8-11(9)13/h4,6-8H,2H2,1H3. The van der Waals surface area contributed by atoms with Crippen molar-refractivity contribution in [1.82, 2.24) is 4.57 Å². The summed E-state index contributed by atoms with van der Waals surface area (Å²) in [5.41, 5.74) is 2.06. The van der Waals surface area contributed by atoms with Crippen molar-refractivity contribution >= 4 is 21.9 Å². The minimum atomic E-state index is 0.909. The summed E-state index contributed by atoms with van der Waals surface area (Å²) < 4.78 is 7.39. The predicted octanol–water partition coefficient (Wildman–Crippen LogP) is 3.01. The van der Waals surface area contributed by atoms with Crippen LogP contribution in [-0.2, 0) is 6.54 Å². The summed E-state index contributed by atoms with van der Waals surface area (Å²) >= 11 is 0. The first kappa shape index (κ1) is 7.52. The molecule has 0 aliphatic rings. The second-order valence-electron chi connectivity index (χ2n) is 3.31. The normalized spacial score (nSPS) is 10.9. The van der Waals surface area contributed by atoms with Gasteiger partial charge < -0.3 is 8.98 Å². The average Bonchev–Trinajstić information content (AvgIpc) is 2.78. The minimum Gasteiger partial charge on any atom is -0.464 e. The van der Waals surface area contributed by atoms with Gasteiger partial charge in [-0.1, -0.05) is 0 Å². The fourth-order valence-corrected chi connectivity index (χ4v) is 1.76. The van der Waals surface area contributed by atoms with E-state index in [1.807, 2.05) is 16.7 Å². The molecule has 68 valence electrons. The van der Waals surface area contributed by atoms with Crippen LogP contribution in [0.2, 0.25) is 0 Å². The molecule has 0 amide bonds. The Kier molecular flexibility index (Phi) is 1.37. The first-order valence-corrected chi connectivity index (χ1v) is 4.69. The number of furan rings is 1. The number of benzene rings is 1. The Hall–Kier alpha value is -1.88. The van der Waals surface area contributed by atoms with E-state index in [1.54, 1.807) is 6.26 Å². The summed E-state index contributed by atoms with van der Waals surface area (Å²) in [5, 5.41) is 2.22. The van der Waals surface area contributed by atoms with Gasteiger partial charge in [0.15, 0.2) is 0 Å². The molecule has 0 saturated carbocycles. The van der Waals surface area contributed by atoms with Gasteiger partial charge in [0.2, 0.25) is 0 Å². The van der Waals surface area contributed by atoms with Crippen molar-refractivity contribution in [2.24, 2.45) is 0 Å². The third kappa shape index (κ3) is 0.869. The number of hydrogen-bond donors (Lipinski definition) is 0. The Balaban J connectivity index is 2.47. The summed E-state index contributed by atoms with van der Waals surface area (Å²) in [7, 11) is 0. The SMILES string of the molecule is CCn1c#cc2cc3ccoc3cc21. The van der Waals surface area contributed by atoms with E-state index in [0.717, 1.165) is 28.4 Å². The first-order valence-electron chi connectivity index (χ1n) is 4.69. The summed E-state index contributed by atoms with van der Waals surface area (Å²) in [6.07, 6.45) is 4.79. The molecule has 0 fully saturated rings. The topological polar surface area (TPSA) is 18.1 Å². The lowest BCUT2D eigenvalue weighted by Crippen LogP contribution is -1.89. The molecular weight excluding hydrogens is 174 g/mol. The highest BCUT2D eigenvalue weighted by atomic mass is 16.3. The minimum absolute atomic E-state index is 0.909. The lowest BCUT2D eigenvalue weighted by molar-refractivity contribution is 0.616. The van der Waals surface area contributed by atoms with E-state index in [9.17, 15) is 0 Å². The van der Waals surface area contributed by atoms with E-state index in [2.05, 4.69) is 25.3 Å². The maximum absolute atomic E-state index is 5.35. The van der Waals surface area contributed by atoms with Crippen molar-refractivity contribution in [1.29, 1.82) is 0 Å². The van der Waals surface area contributed by atoms with Crippen molar-refractivity contribution in [3.05, 3.63) is 36.7 Å². The van der Waals surface area contributed by atoms with Gasteiger partial charge in [-0.3, -0.25) is 0 Å². The fourth-order valence-electron chi connectivity index (χ4n) is 1.76. The molecule has 0 saturated heterocycles. The Labute approximate surface area is 81.7 Å². The van der Waals surface area contributed by atoms with Gasteiger partial charge in [0.1, 0.15) is 5.58 Å². The van der Waals surface area contributed by atoms with Gasteiger partial charge in [-0.15, -0.1) is 0 Å². The van der Waals surface area contributed by atoms with Crippen molar-refractivity contribution in [3.8, 4) is 0 Å². The predicted molar refractivity (Wildman–Crippen MR) is 55.1 cm³/mol. The van der Waals surface area contributed by atoms with E-state index in [1.165, 1.54) is 0 Å². The van der Waals surface area contributed by atoms with Crippen LogP contribution < -0.4 is 0 Å². The van der Waals surface area contributed by atoms with Crippen LogP contribution in [0.25, 0.3) is 21.9 Å². The Morgan fingerprint density at radius 3 is 3.21 bits per heavy atom. The van der Waals surface area contributed by atoms with Gasteiger partial charge >= 0.3 is 0 Å². The van der Waals surface area contributed by atoms with Crippen molar-refractivity contribution in [2.75, 3.05) is 0 Å². The zero-order chi connectivity index (χ0) is 9.54. The first-order chi connectivity index (χ1) is 6.88.